The van der Waals surface area contributed by atoms with Gasteiger partial charge in [0.1, 0.15) is 18.8 Å². The van der Waals surface area contributed by atoms with Crippen molar-refractivity contribution in [3.8, 4) is 0 Å². The zero-order chi connectivity index (χ0) is 13.3. The fraction of sp³-hybridized carbons (Fsp3) is 0.286. The van der Waals surface area contributed by atoms with Crippen molar-refractivity contribution in [2.75, 3.05) is 0 Å². The van der Waals surface area contributed by atoms with Crippen molar-refractivity contribution < 1.29 is 5.11 Å². The van der Waals surface area contributed by atoms with Crippen LogP contribution in [0.3, 0.4) is 0 Å². The second-order valence-corrected chi connectivity index (χ2v) is 5.51. The van der Waals surface area contributed by atoms with Crippen molar-refractivity contribution in [2.45, 2.75) is 23.8 Å². The maximum atomic E-state index is 10.5. The number of aliphatic hydroxyl groups excluding tert-OH is 1. The number of alkyl halides is 1. The molecule has 1 N–H and O–H groups in total. The Bertz CT molecular complexity index is 576. The Labute approximate surface area is 116 Å². The molecule has 1 unspecified atom stereocenters. The average molecular weight is 276 g/mol. The number of hydrogen-bond donors (Lipinski definition) is 1. The van der Waals surface area contributed by atoms with Gasteiger partial charge in [-0.25, -0.2) is 9.67 Å². The molecule has 1 aromatic heterocycles. The smallest absolute Gasteiger partial charge is 0.138 e. The molecule has 19 heavy (non-hydrogen) atoms. The summed E-state index contributed by atoms with van der Waals surface area (Å²) in [5, 5.41) is 14.5. The Morgan fingerprint density at radius 2 is 2.11 bits per heavy atom. The third-order valence-electron chi connectivity index (χ3n) is 3.30. The number of halogens is 1. The lowest BCUT2D eigenvalue weighted by Crippen LogP contribution is -2.27. The van der Waals surface area contributed by atoms with Crippen molar-refractivity contribution in [1.82, 2.24) is 14.8 Å². The predicted octanol–water partition coefficient (Wildman–Crippen LogP) is 2.41. The summed E-state index contributed by atoms with van der Waals surface area (Å²) in [5.74, 6) is 0. The molecular formula is C14H14ClN3O. The predicted molar refractivity (Wildman–Crippen MR) is 74.5 cm³/mol. The van der Waals surface area contributed by atoms with E-state index in [1.807, 2.05) is 36.4 Å². The van der Waals surface area contributed by atoms with Gasteiger partial charge in [-0.1, -0.05) is 30.3 Å². The molecule has 0 radical (unpaired) electrons. The second kappa shape index (κ2) is 4.79. The minimum Gasteiger partial charge on any atom is -0.385 e. The van der Waals surface area contributed by atoms with Crippen LogP contribution in [0.4, 0.5) is 0 Å². The van der Waals surface area contributed by atoms with Crippen molar-refractivity contribution in [1.29, 1.82) is 0 Å². The van der Waals surface area contributed by atoms with Crippen LogP contribution in [-0.4, -0.2) is 30.8 Å². The Balaban J connectivity index is 2.00. The van der Waals surface area contributed by atoms with Crippen LogP contribution in [-0.2, 0) is 0 Å². The summed E-state index contributed by atoms with van der Waals surface area (Å²) < 4.78 is 1.57. The van der Waals surface area contributed by atoms with Crippen molar-refractivity contribution in [2.24, 2.45) is 0 Å². The van der Waals surface area contributed by atoms with Gasteiger partial charge in [0, 0.05) is 0 Å². The second-order valence-electron chi connectivity index (χ2n) is 4.76. The van der Waals surface area contributed by atoms with Crippen LogP contribution in [0.5, 0.6) is 0 Å². The highest BCUT2D eigenvalue weighted by Gasteiger charge is 2.49. The quantitative estimate of drug-likeness (QED) is 0.872. The first-order valence-electron chi connectivity index (χ1n) is 6.18. The molecule has 4 nitrogen and oxygen atoms in total. The first-order valence-corrected chi connectivity index (χ1v) is 6.55. The van der Waals surface area contributed by atoms with Crippen LogP contribution in [0, 0.1) is 0 Å². The number of nitrogens with zero attached hydrogens (tertiary/aromatic N) is 3. The van der Waals surface area contributed by atoms with E-state index in [1.165, 1.54) is 6.33 Å². The molecule has 1 heterocycles. The number of rotatable bonds is 4. The fourth-order valence-electron chi connectivity index (χ4n) is 1.99. The average Bonchev–Trinajstić information content (AvgIpc) is 2.97. The molecule has 98 valence electrons. The molecule has 0 bridgehead atoms. The molecular weight excluding hydrogens is 262 g/mol. The highest BCUT2D eigenvalue weighted by atomic mass is 35.5. The molecule has 2 aromatic rings. The molecule has 0 spiro atoms. The van der Waals surface area contributed by atoms with E-state index in [1.54, 1.807) is 11.0 Å². The standard InChI is InChI=1S/C14H14ClN3O/c15-14(6-7-14)13(19)12(18-10-16-9-17-18)8-11-4-2-1-3-5-11/h1-5,8-10,13,19H,6-7H2/b12-8-. The van der Waals surface area contributed by atoms with Gasteiger partial charge in [-0.15, -0.1) is 11.6 Å². The van der Waals surface area contributed by atoms with Crippen LogP contribution in [0.2, 0.25) is 0 Å². The van der Waals surface area contributed by atoms with Gasteiger partial charge in [0.25, 0.3) is 0 Å². The summed E-state index contributed by atoms with van der Waals surface area (Å²) in [6.07, 6.45) is 5.78. The lowest BCUT2D eigenvalue weighted by Gasteiger charge is -2.19. The highest BCUT2D eigenvalue weighted by molar-refractivity contribution is 6.27. The zero-order valence-corrected chi connectivity index (χ0v) is 11.0. The number of benzene rings is 1. The molecule has 5 heteroatoms. The zero-order valence-electron chi connectivity index (χ0n) is 10.3. The van der Waals surface area contributed by atoms with E-state index >= 15 is 0 Å². The van der Waals surface area contributed by atoms with Gasteiger partial charge in [0.15, 0.2) is 0 Å². The molecule has 0 aliphatic heterocycles. The van der Waals surface area contributed by atoms with Gasteiger partial charge in [-0.3, -0.25) is 0 Å². The first kappa shape index (κ1) is 12.4. The minimum absolute atomic E-state index is 0.549. The molecule has 1 aliphatic carbocycles. The summed E-state index contributed by atoms with van der Waals surface area (Å²) in [5.41, 5.74) is 1.64. The molecule has 0 saturated heterocycles. The molecule has 3 rings (SSSR count). The third-order valence-corrected chi connectivity index (χ3v) is 3.88. The topological polar surface area (TPSA) is 50.9 Å². The van der Waals surface area contributed by atoms with Crippen LogP contribution in [0.1, 0.15) is 18.4 Å². The van der Waals surface area contributed by atoms with Gasteiger partial charge in [-0.05, 0) is 24.5 Å². The van der Waals surface area contributed by atoms with Crippen LogP contribution in [0.15, 0.2) is 43.0 Å². The van der Waals surface area contributed by atoms with Crippen LogP contribution >= 0.6 is 11.6 Å². The van der Waals surface area contributed by atoms with E-state index in [2.05, 4.69) is 10.1 Å². The van der Waals surface area contributed by atoms with Gasteiger partial charge in [0.05, 0.1) is 10.6 Å². The lowest BCUT2D eigenvalue weighted by atomic mass is 10.1. The summed E-state index contributed by atoms with van der Waals surface area (Å²) >= 11 is 6.32. The first-order chi connectivity index (χ1) is 9.19. The molecule has 1 saturated carbocycles. The Hall–Kier alpha value is -1.65. The highest BCUT2D eigenvalue weighted by Crippen LogP contribution is 2.48. The molecule has 1 atom stereocenters. The van der Waals surface area contributed by atoms with Crippen LogP contribution in [0.25, 0.3) is 11.8 Å². The van der Waals surface area contributed by atoms with E-state index in [4.69, 9.17) is 11.6 Å². The van der Waals surface area contributed by atoms with E-state index in [-0.39, 0.29) is 0 Å². The Kier molecular flexibility index (Phi) is 3.12. The van der Waals surface area contributed by atoms with Gasteiger partial charge < -0.3 is 5.11 Å². The van der Waals surface area contributed by atoms with E-state index in [0.29, 0.717) is 5.70 Å². The summed E-state index contributed by atoms with van der Waals surface area (Å²) in [6, 6.07) is 9.79. The largest absolute Gasteiger partial charge is 0.385 e. The minimum atomic E-state index is -0.754. The van der Waals surface area contributed by atoms with Crippen molar-refractivity contribution in [3.63, 3.8) is 0 Å². The fourth-order valence-corrected chi connectivity index (χ4v) is 2.20. The number of hydrogen-bond acceptors (Lipinski definition) is 3. The van der Waals surface area contributed by atoms with Gasteiger partial charge in [0.2, 0.25) is 0 Å². The summed E-state index contributed by atoms with van der Waals surface area (Å²) in [6.45, 7) is 0. The number of aliphatic hydroxyl groups is 1. The lowest BCUT2D eigenvalue weighted by molar-refractivity contribution is 0.212. The van der Waals surface area contributed by atoms with Gasteiger partial charge in [-0.2, -0.15) is 5.10 Å². The molecule has 0 amide bonds. The normalized spacial score (nSPS) is 19.2. The van der Waals surface area contributed by atoms with E-state index in [9.17, 15) is 5.11 Å². The van der Waals surface area contributed by atoms with Crippen LogP contribution < -0.4 is 0 Å². The third kappa shape index (κ3) is 2.55. The Morgan fingerprint density at radius 1 is 1.37 bits per heavy atom. The maximum absolute atomic E-state index is 10.5. The Morgan fingerprint density at radius 3 is 2.68 bits per heavy atom. The van der Waals surface area contributed by atoms with E-state index < -0.39 is 11.0 Å². The van der Waals surface area contributed by atoms with Crippen molar-refractivity contribution in [3.05, 3.63) is 48.5 Å². The van der Waals surface area contributed by atoms with Gasteiger partial charge >= 0.3 is 0 Å². The molecule has 1 fully saturated rings. The summed E-state index contributed by atoms with van der Waals surface area (Å²) in [7, 11) is 0. The number of aromatic nitrogens is 3. The molecule has 1 aliphatic rings. The monoisotopic (exact) mass is 275 g/mol. The molecule has 1 aromatic carbocycles. The van der Waals surface area contributed by atoms with E-state index in [0.717, 1.165) is 18.4 Å². The maximum Gasteiger partial charge on any atom is 0.138 e. The van der Waals surface area contributed by atoms with Crippen molar-refractivity contribution >= 4 is 23.4 Å². The SMILES string of the molecule is OC(/C(=C/c1ccccc1)n1cncn1)C1(Cl)CC1. The summed E-state index contributed by atoms with van der Waals surface area (Å²) in [4.78, 5) is 3.38.